The summed E-state index contributed by atoms with van der Waals surface area (Å²) in [4.78, 5) is 7.21. The summed E-state index contributed by atoms with van der Waals surface area (Å²) < 4.78 is 93.5. The van der Waals surface area contributed by atoms with Crippen molar-refractivity contribution in [1.29, 1.82) is 0 Å². The second-order valence-corrected chi connectivity index (χ2v) is 4.94. The Hall–Kier alpha value is -2.99. The molecule has 0 aliphatic rings. The SMILES string of the molecule is Fc1cc(-c2cn3c(C(F)(F)F)nnc3cn2)cnc1OCC(F)(F)F. The van der Waals surface area contributed by atoms with Crippen molar-refractivity contribution in [2.75, 3.05) is 6.61 Å². The van der Waals surface area contributed by atoms with E-state index in [2.05, 4.69) is 24.9 Å². The van der Waals surface area contributed by atoms with Crippen LogP contribution in [0.15, 0.2) is 24.7 Å². The number of hydrogen-bond acceptors (Lipinski definition) is 5. The first-order valence-corrected chi connectivity index (χ1v) is 6.68. The van der Waals surface area contributed by atoms with Crippen LogP contribution < -0.4 is 4.74 Å². The first-order valence-electron chi connectivity index (χ1n) is 6.68. The Morgan fingerprint density at radius 2 is 1.73 bits per heavy atom. The van der Waals surface area contributed by atoms with Crippen LogP contribution >= 0.6 is 0 Å². The normalized spacial score (nSPS) is 12.6. The lowest BCUT2D eigenvalue weighted by molar-refractivity contribution is -0.154. The van der Waals surface area contributed by atoms with Crippen LogP contribution in [0.25, 0.3) is 16.9 Å². The van der Waals surface area contributed by atoms with Crippen LogP contribution in [0.2, 0.25) is 0 Å². The third-order valence-corrected chi connectivity index (χ3v) is 3.02. The Morgan fingerprint density at radius 3 is 2.35 bits per heavy atom. The second kappa shape index (κ2) is 6.07. The van der Waals surface area contributed by atoms with Gasteiger partial charge in [-0.1, -0.05) is 0 Å². The minimum Gasteiger partial charge on any atom is -0.466 e. The van der Waals surface area contributed by atoms with Crippen molar-refractivity contribution in [3.8, 4) is 17.1 Å². The molecule has 0 amide bonds. The van der Waals surface area contributed by atoms with Gasteiger partial charge in [-0.15, -0.1) is 10.2 Å². The molecule has 0 saturated heterocycles. The summed E-state index contributed by atoms with van der Waals surface area (Å²) in [6.45, 7) is -1.74. The van der Waals surface area contributed by atoms with Gasteiger partial charge in [-0.2, -0.15) is 26.3 Å². The molecule has 0 saturated carbocycles. The predicted molar refractivity (Wildman–Crippen MR) is 70.5 cm³/mol. The largest absolute Gasteiger partial charge is 0.466 e. The van der Waals surface area contributed by atoms with Gasteiger partial charge in [0.2, 0.25) is 5.82 Å². The predicted octanol–water partition coefficient (Wildman–Crippen LogP) is 3.29. The van der Waals surface area contributed by atoms with E-state index in [1.807, 2.05) is 0 Å². The van der Waals surface area contributed by atoms with Crippen LogP contribution in [0, 0.1) is 5.82 Å². The minimum absolute atomic E-state index is 0.0782. The zero-order valence-electron chi connectivity index (χ0n) is 12.3. The standard InChI is InChI=1S/C13H6F7N5O/c14-7-1-6(2-22-10(7)26-5-12(15,16)17)8-4-25-9(3-21-8)23-24-11(25)13(18,19)20/h1-4H,5H2. The van der Waals surface area contributed by atoms with Crippen molar-refractivity contribution in [3.05, 3.63) is 36.3 Å². The molecule has 0 radical (unpaired) electrons. The molecule has 3 heterocycles. The van der Waals surface area contributed by atoms with Crippen molar-refractivity contribution < 1.29 is 35.5 Å². The van der Waals surface area contributed by atoms with Crippen molar-refractivity contribution in [2.24, 2.45) is 0 Å². The molecule has 0 aliphatic heterocycles. The van der Waals surface area contributed by atoms with Gasteiger partial charge in [-0.05, 0) is 6.07 Å². The number of halogens is 7. The number of ether oxygens (including phenoxy) is 1. The highest BCUT2D eigenvalue weighted by Gasteiger charge is 2.37. The number of nitrogens with zero attached hydrogens (tertiary/aromatic N) is 5. The summed E-state index contributed by atoms with van der Waals surface area (Å²) in [5, 5.41) is 6.33. The summed E-state index contributed by atoms with van der Waals surface area (Å²) in [6, 6.07) is 0.741. The molecule has 138 valence electrons. The first-order chi connectivity index (χ1) is 12.0. The third-order valence-electron chi connectivity index (χ3n) is 3.02. The van der Waals surface area contributed by atoms with Crippen LogP contribution in [0.3, 0.4) is 0 Å². The van der Waals surface area contributed by atoms with E-state index in [-0.39, 0.29) is 16.9 Å². The minimum atomic E-state index is -4.78. The van der Waals surface area contributed by atoms with Gasteiger partial charge in [-0.25, -0.2) is 9.37 Å². The lowest BCUT2D eigenvalue weighted by Gasteiger charge is -2.10. The van der Waals surface area contributed by atoms with Crippen LogP contribution in [0.5, 0.6) is 5.88 Å². The van der Waals surface area contributed by atoms with Crippen molar-refractivity contribution in [1.82, 2.24) is 24.6 Å². The smallest absolute Gasteiger partial charge is 0.452 e. The Bertz CT molecular complexity index is 950. The second-order valence-electron chi connectivity index (χ2n) is 4.94. The fourth-order valence-corrected chi connectivity index (χ4v) is 1.97. The van der Waals surface area contributed by atoms with Gasteiger partial charge in [0.25, 0.3) is 5.88 Å². The molecule has 0 unspecified atom stereocenters. The van der Waals surface area contributed by atoms with E-state index in [0.717, 1.165) is 24.7 Å². The number of hydrogen-bond donors (Lipinski definition) is 0. The summed E-state index contributed by atoms with van der Waals surface area (Å²) in [7, 11) is 0. The van der Waals surface area contributed by atoms with Gasteiger partial charge in [-0.3, -0.25) is 9.38 Å². The topological polar surface area (TPSA) is 65.2 Å². The van der Waals surface area contributed by atoms with Gasteiger partial charge >= 0.3 is 12.4 Å². The molecule has 3 rings (SSSR count). The van der Waals surface area contributed by atoms with Gasteiger partial charge in [0.15, 0.2) is 18.1 Å². The molecule has 0 aromatic carbocycles. The molecule has 0 aliphatic carbocycles. The number of aromatic nitrogens is 5. The number of fused-ring (bicyclic) bond motifs is 1. The van der Waals surface area contributed by atoms with Gasteiger partial charge in [0.05, 0.1) is 11.9 Å². The highest BCUT2D eigenvalue weighted by Crippen LogP contribution is 2.29. The lowest BCUT2D eigenvalue weighted by atomic mass is 10.2. The van der Waals surface area contributed by atoms with Crippen molar-refractivity contribution in [3.63, 3.8) is 0 Å². The van der Waals surface area contributed by atoms with Crippen LogP contribution in [-0.2, 0) is 6.18 Å². The van der Waals surface area contributed by atoms with Gasteiger partial charge in [0.1, 0.15) is 0 Å². The third kappa shape index (κ3) is 3.65. The summed E-state index contributed by atoms with van der Waals surface area (Å²) >= 11 is 0. The number of pyridine rings is 1. The highest BCUT2D eigenvalue weighted by atomic mass is 19.4. The van der Waals surface area contributed by atoms with E-state index >= 15 is 0 Å². The van der Waals surface area contributed by atoms with Crippen molar-refractivity contribution >= 4 is 5.65 Å². The quantitative estimate of drug-likeness (QED) is 0.652. The van der Waals surface area contributed by atoms with Gasteiger partial charge < -0.3 is 4.74 Å². The molecular formula is C13H6F7N5O. The van der Waals surface area contributed by atoms with E-state index in [9.17, 15) is 30.7 Å². The molecule has 0 fully saturated rings. The van der Waals surface area contributed by atoms with Crippen LogP contribution in [0.4, 0.5) is 30.7 Å². The maximum atomic E-state index is 13.8. The van der Waals surface area contributed by atoms with Crippen LogP contribution in [-0.4, -0.2) is 37.3 Å². The first kappa shape index (κ1) is 17.8. The average Bonchev–Trinajstić information content (AvgIpc) is 2.96. The summed E-state index contributed by atoms with van der Waals surface area (Å²) in [5.41, 5.74) is -0.401. The molecule has 3 aromatic rings. The van der Waals surface area contributed by atoms with E-state index in [4.69, 9.17) is 0 Å². The van der Waals surface area contributed by atoms with E-state index in [1.54, 1.807) is 0 Å². The Morgan fingerprint density at radius 1 is 1.00 bits per heavy atom. The molecular weight excluding hydrogens is 375 g/mol. The Balaban J connectivity index is 1.95. The Labute approximate surface area is 139 Å². The molecule has 0 bridgehead atoms. The van der Waals surface area contributed by atoms with E-state index in [1.165, 1.54) is 0 Å². The highest BCUT2D eigenvalue weighted by molar-refractivity contribution is 5.59. The molecule has 6 nitrogen and oxygen atoms in total. The summed E-state index contributed by atoms with van der Waals surface area (Å²) in [6.07, 6.45) is -6.66. The van der Waals surface area contributed by atoms with E-state index in [0.29, 0.717) is 4.40 Å². The summed E-state index contributed by atoms with van der Waals surface area (Å²) in [5.74, 6) is -3.43. The Kier molecular flexibility index (Phi) is 4.16. The zero-order chi connectivity index (χ0) is 19.1. The molecule has 0 atom stereocenters. The van der Waals surface area contributed by atoms with Crippen molar-refractivity contribution in [2.45, 2.75) is 12.4 Å². The van der Waals surface area contributed by atoms with E-state index < -0.39 is 36.5 Å². The fraction of sp³-hybridized carbons (Fsp3) is 0.231. The molecule has 0 spiro atoms. The van der Waals surface area contributed by atoms with Crippen LogP contribution in [0.1, 0.15) is 5.82 Å². The average molecular weight is 381 g/mol. The zero-order valence-corrected chi connectivity index (χ0v) is 12.3. The number of alkyl halides is 6. The molecule has 26 heavy (non-hydrogen) atoms. The molecule has 13 heteroatoms. The fourth-order valence-electron chi connectivity index (χ4n) is 1.97. The monoisotopic (exact) mass is 381 g/mol. The lowest BCUT2D eigenvalue weighted by Crippen LogP contribution is -2.20. The van der Waals surface area contributed by atoms with Gasteiger partial charge in [0, 0.05) is 18.0 Å². The number of rotatable bonds is 3. The maximum absolute atomic E-state index is 13.8. The molecule has 3 aromatic heterocycles. The molecule has 0 N–H and O–H groups in total. The maximum Gasteiger partial charge on any atom is 0.452 e.